The van der Waals surface area contributed by atoms with Crippen LogP contribution in [-0.2, 0) is 26.4 Å². The summed E-state index contributed by atoms with van der Waals surface area (Å²) in [6.45, 7) is 7.25. The Bertz CT molecular complexity index is 642. The summed E-state index contributed by atoms with van der Waals surface area (Å²) in [5.74, 6) is -0.637. The van der Waals surface area contributed by atoms with E-state index >= 15 is 0 Å². The fourth-order valence-electron chi connectivity index (χ4n) is 3.86. The second kappa shape index (κ2) is 11.3. The molecule has 2 unspecified atom stereocenters. The number of hydrogen-bond acceptors (Lipinski definition) is 2. The molecule has 1 heterocycles. The Morgan fingerprint density at radius 1 is 1.21 bits per heavy atom. The van der Waals surface area contributed by atoms with Gasteiger partial charge in [-0.3, -0.25) is 4.68 Å². The first-order valence-electron chi connectivity index (χ1n) is 9.95. The molecule has 0 spiro atoms. The average molecular weight is 515 g/mol. The third-order valence-corrected chi connectivity index (χ3v) is 5.25. The number of halogens is 4. The maximum Gasteiger partial charge on any atom is 0.391 e. The first-order chi connectivity index (χ1) is 12.8. The number of rotatable bonds is 6. The second-order valence-electron chi connectivity index (χ2n) is 7.14. The predicted octanol–water partition coefficient (Wildman–Crippen LogP) is 4.34. The smallest absolute Gasteiger partial charge is 0.357 e. The summed E-state index contributed by atoms with van der Waals surface area (Å²) < 4.78 is 41.1. The SMILES string of the molecule is CCNC(=NCc1c(CC)nn(C)c1CC)NC1CCCC(C(F)(F)F)C1.I. The number of aryl methyl sites for hydroxylation is 2. The van der Waals surface area contributed by atoms with E-state index < -0.39 is 12.1 Å². The van der Waals surface area contributed by atoms with E-state index in [1.165, 1.54) is 0 Å². The molecule has 1 saturated carbocycles. The predicted molar refractivity (Wildman–Crippen MR) is 117 cm³/mol. The summed E-state index contributed by atoms with van der Waals surface area (Å²) in [7, 11) is 1.94. The molecule has 0 aromatic carbocycles. The van der Waals surface area contributed by atoms with E-state index in [0.29, 0.717) is 25.5 Å². The van der Waals surface area contributed by atoms with E-state index in [1.54, 1.807) is 0 Å². The molecule has 1 aliphatic rings. The molecule has 1 fully saturated rings. The van der Waals surface area contributed by atoms with Gasteiger partial charge in [-0.15, -0.1) is 24.0 Å². The molecule has 9 heteroatoms. The summed E-state index contributed by atoms with van der Waals surface area (Å²) in [6, 6.07) is -0.201. The van der Waals surface area contributed by atoms with Gasteiger partial charge in [0.15, 0.2) is 5.96 Å². The van der Waals surface area contributed by atoms with Gasteiger partial charge in [-0.05, 0) is 39.0 Å². The molecule has 28 heavy (non-hydrogen) atoms. The quantitative estimate of drug-likeness (QED) is 0.337. The van der Waals surface area contributed by atoms with Crippen molar-refractivity contribution in [3.05, 3.63) is 17.0 Å². The number of aromatic nitrogens is 2. The van der Waals surface area contributed by atoms with Crippen molar-refractivity contribution < 1.29 is 13.2 Å². The van der Waals surface area contributed by atoms with Crippen LogP contribution >= 0.6 is 24.0 Å². The molecule has 0 saturated heterocycles. The minimum absolute atomic E-state index is 0. The summed E-state index contributed by atoms with van der Waals surface area (Å²) in [4.78, 5) is 4.66. The van der Waals surface area contributed by atoms with E-state index in [2.05, 4.69) is 34.6 Å². The van der Waals surface area contributed by atoms with Crippen LogP contribution in [0.4, 0.5) is 13.2 Å². The molecule has 1 aromatic heterocycles. The molecular weight excluding hydrogens is 482 g/mol. The third-order valence-electron chi connectivity index (χ3n) is 5.25. The molecule has 0 radical (unpaired) electrons. The summed E-state index contributed by atoms with van der Waals surface area (Å²) in [5.41, 5.74) is 3.31. The van der Waals surface area contributed by atoms with Crippen LogP contribution in [0, 0.1) is 5.92 Å². The highest BCUT2D eigenvalue weighted by molar-refractivity contribution is 14.0. The van der Waals surface area contributed by atoms with E-state index in [4.69, 9.17) is 0 Å². The maximum atomic E-state index is 13.1. The molecule has 5 nitrogen and oxygen atoms in total. The standard InChI is InChI=1S/C19H32F3N5.HI/c1-5-16-15(17(6-2)27(4)26-16)12-24-18(23-7-3)25-14-10-8-9-13(11-14)19(20,21)22;/h13-14H,5-12H2,1-4H3,(H2,23,24,25);1H. The minimum Gasteiger partial charge on any atom is -0.357 e. The number of aliphatic imine (C=N–C) groups is 1. The molecule has 2 rings (SSSR count). The van der Waals surface area contributed by atoms with Gasteiger partial charge in [0, 0.05) is 30.9 Å². The topological polar surface area (TPSA) is 54.2 Å². The third kappa shape index (κ3) is 6.52. The zero-order valence-electron chi connectivity index (χ0n) is 17.2. The normalized spacial score (nSPS) is 20.6. The zero-order valence-corrected chi connectivity index (χ0v) is 19.5. The van der Waals surface area contributed by atoms with Gasteiger partial charge in [0.05, 0.1) is 18.2 Å². The van der Waals surface area contributed by atoms with Gasteiger partial charge in [-0.25, -0.2) is 4.99 Å². The van der Waals surface area contributed by atoms with Gasteiger partial charge in [-0.1, -0.05) is 20.3 Å². The Hall–Kier alpha value is -1.00. The molecule has 0 bridgehead atoms. The Morgan fingerprint density at radius 2 is 1.93 bits per heavy atom. The molecular formula is C19H33F3IN5. The van der Waals surface area contributed by atoms with Gasteiger partial charge in [0.2, 0.25) is 0 Å². The highest BCUT2D eigenvalue weighted by atomic mass is 127. The zero-order chi connectivity index (χ0) is 20.0. The van der Waals surface area contributed by atoms with Crippen molar-refractivity contribution in [3.8, 4) is 0 Å². The van der Waals surface area contributed by atoms with Crippen molar-refractivity contribution in [3.63, 3.8) is 0 Å². The van der Waals surface area contributed by atoms with Crippen molar-refractivity contribution in [1.29, 1.82) is 0 Å². The van der Waals surface area contributed by atoms with Crippen molar-refractivity contribution in [1.82, 2.24) is 20.4 Å². The number of hydrogen-bond donors (Lipinski definition) is 2. The van der Waals surface area contributed by atoms with Crippen LogP contribution in [0.5, 0.6) is 0 Å². The van der Waals surface area contributed by atoms with Crippen molar-refractivity contribution >= 4 is 29.9 Å². The lowest BCUT2D eigenvalue weighted by Gasteiger charge is -2.31. The number of guanidine groups is 1. The Kier molecular flexibility index (Phi) is 10.1. The fraction of sp³-hybridized carbons (Fsp3) is 0.789. The lowest BCUT2D eigenvalue weighted by Crippen LogP contribution is -2.46. The van der Waals surface area contributed by atoms with Crippen LogP contribution in [-0.4, -0.2) is 34.5 Å². The average Bonchev–Trinajstić information content (AvgIpc) is 2.94. The van der Waals surface area contributed by atoms with E-state index in [0.717, 1.165) is 36.2 Å². The molecule has 1 aromatic rings. The van der Waals surface area contributed by atoms with Gasteiger partial charge in [0.1, 0.15) is 0 Å². The van der Waals surface area contributed by atoms with Crippen LogP contribution in [0.25, 0.3) is 0 Å². The first-order valence-corrected chi connectivity index (χ1v) is 9.95. The highest BCUT2D eigenvalue weighted by Gasteiger charge is 2.42. The van der Waals surface area contributed by atoms with Crippen LogP contribution in [0.3, 0.4) is 0 Å². The van der Waals surface area contributed by atoms with Crippen LogP contribution < -0.4 is 10.6 Å². The van der Waals surface area contributed by atoms with Crippen molar-refractivity contribution in [2.24, 2.45) is 18.0 Å². The Balaban J connectivity index is 0.00000392. The van der Waals surface area contributed by atoms with Gasteiger partial charge < -0.3 is 10.6 Å². The summed E-state index contributed by atoms with van der Waals surface area (Å²) in [6.07, 6.45) is -0.746. The van der Waals surface area contributed by atoms with E-state index in [9.17, 15) is 13.2 Å². The van der Waals surface area contributed by atoms with Gasteiger partial charge in [0.25, 0.3) is 0 Å². The number of alkyl halides is 3. The van der Waals surface area contributed by atoms with Gasteiger partial charge in [-0.2, -0.15) is 18.3 Å². The first kappa shape index (κ1) is 25.0. The fourth-order valence-corrected chi connectivity index (χ4v) is 3.86. The van der Waals surface area contributed by atoms with Crippen molar-refractivity contribution in [2.75, 3.05) is 6.54 Å². The molecule has 1 aliphatic carbocycles. The van der Waals surface area contributed by atoms with Gasteiger partial charge >= 0.3 is 6.18 Å². The highest BCUT2D eigenvalue weighted by Crippen LogP contribution is 2.37. The number of nitrogens with one attached hydrogen (secondary N) is 2. The lowest BCUT2D eigenvalue weighted by atomic mass is 9.85. The van der Waals surface area contributed by atoms with E-state index in [-0.39, 0.29) is 42.9 Å². The molecule has 0 aliphatic heterocycles. The minimum atomic E-state index is -4.11. The van der Waals surface area contributed by atoms with Crippen molar-refractivity contribution in [2.45, 2.75) is 78.1 Å². The summed E-state index contributed by atoms with van der Waals surface area (Å²) >= 11 is 0. The second-order valence-corrected chi connectivity index (χ2v) is 7.14. The van der Waals surface area contributed by atoms with E-state index in [1.807, 2.05) is 18.7 Å². The molecule has 162 valence electrons. The molecule has 0 amide bonds. The lowest BCUT2D eigenvalue weighted by molar-refractivity contribution is -0.183. The Labute approximate surface area is 183 Å². The molecule has 2 atom stereocenters. The Morgan fingerprint density at radius 3 is 2.50 bits per heavy atom. The number of nitrogens with zero attached hydrogens (tertiary/aromatic N) is 3. The largest absolute Gasteiger partial charge is 0.391 e. The van der Waals surface area contributed by atoms with Crippen LogP contribution in [0.15, 0.2) is 4.99 Å². The molecule has 2 N–H and O–H groups in total. The maximum absolute atomic E-state index is 13.1. The monoisotopic (exact) mass is 515 g/mol. The van der Waals surface area contributed by atoms with Crippen LogP contribution in [0.2, 0.25) is 0 Å². The van der Waals surface area contributed by atoms with Crippen LogP contribution in [0.1, 0.15) is 63.4 Å². The summed E-state index contributed by atoms with van der Waals surface area (Å²) in [5, 5.41) is 10.9.